The predicted octanol–water partition coefficient (Wildman–Crippen LogP) is 1.78. The summed E-state index contributed by atoms with van der Waals surface area (Å²) < 4.78 is 26.9. The minimum absolute atomic E-state index is 0.0338. The molecule has 4 unspecified atom stereocenters. The number of hydrogen-bond donors (Lipinski definition) is 2. The summed E-state index contributed by atoms with van der Waals surface area (Å²) in [6.07, 6.45) is 2.40. The van der Waals surface area contributed by atoms with E-state index in [1.165, 1.54) is 0 Å². The Kier molecular flexibility index (Phi) is 6.02. The fourth-order valence-corrected chi connectivity index (χ4v) is 8.55. The van der Waals surface area contributed by atoms with E-state index in [0.29, 0.717) is 25.2 Å². The molecule has 3 aliphatic rings. The van der Waals surface area contributed by atoms with Crippen LogP contribution in [-0.2, 0) is 19.6 Å². The summed E-state index contributed by atoms with van der Waals surface area (Å²) in [5.41, 5.74) is -0.530. The van der Waals surface area contributed by atoms with Gasteiger partial charge in [-0.05, 0) is 48.9 Å². The fourth-order valence-electron chi connectivity index (χ4n) is 5.99. The SMILES string of the molecule is C=CCC[C@H](O)CC(=O)C[C@H](O)CC(=O)N1C2CC3CCC2(C)C3(C)CS1(=O)=O. The molecule has 1 aliphatic heterocycles. The molecule has 0 spiro atoms. The van der Waals surface area contributed by atoms with Crippen molar-refractivity contribution in [1.29, 1.82) is 0 Å². The van der Waals surface area contributed by atoms with E-state index < -0.39 is 34.6 Å². The third kappa shape index (κ3) is 3.79. The summed E-state index contributed by atoms with van der Waals surface area (Å²) >= 11 is 0. The van der Waals surface area contributed by atoms with Crippen molar-refractivity contribution in [3.8, 4) is 0 Å². The van der Waals surface area contributed by atoms with Gasteiger partial charge in [0.25, 0.3) is 0 Å². The Morgan fingerprint density at radius 1 is 1.17 bits per heavy atom. The molecule has 1 saturated heterocycles. The van der Waals surface area contributed by atoms with Crippen molar-refractivity contribution in [2.75, 3.05) is 5.75 Å². The number of nitrogens with zero attached hydrogens (tertiary/aromatic N) is 1. The molecule has 1 amide bonds. The Morgan fingerprint density at radius 2 is 1.83 bits per heavy atom. The van der Waals surface area contributed by atoms with Crippen LogP contribution in [0.1, 0.15) is 65.2 Å². The lowest BCUT2D eigenvalue weighted by Gasteiger charge is -2.50. The first kappa shape index (κ1) is 22.4. The number of aliphatic hydroxyl groups excluding tert-OH is 2. The van der Waals surface area contributed by atoms with E-state index in [1.807, 2.05) is 6.92 Å². The number of sulfonamides is 1. The van der Waals surface area contributed by atoms with E-state index in [1.54, 1.807) is 6.08 Å². The second-order valence-electron chi connectivity index (χ2n) is 9.59. The molecule has 0 aromatic heterocycles. The molecule has 0 radical (unpaired) electrons. The summed E-state index contributed by atoms with van der Waals surface area (Å²) in [5.74, 6) is -0.705. The second kappa shape index (κ2) is 7.78. The number of amides is 1. The number of carbonyl (C=O) groups is 2. The lowest BCUT2D eigenvalue weighted by atomic mass is 9.68. The lowest BCUT2D eigenvalue weighted by Crippen LogP contribution is -2.60. The smallest absolute Gasteiger partial charge is 0.238 e. The molecule has 3 rings (SSSR count). The fraction of sp³-hybridized carbons (Fsp3) is 0.810. The van der Waals surface area contributed by atoms with Gasteiger partial charge in [-0.15, -0.1) is 6.58 Å². The number of carbonyl (C=O) groups excluding carboxylic acids is 2. The van der Waals surface area contributed by atoms with Crippen LogP contribution in [-0.4, -0.2) is 58.6 Å². The van der Waals surface area contributed by atoms with Gasteiger partial charge >= 0.3 is 0 Å². The Labute approximate surface area is 173 Å². The summed E-state index contributed by atoms with van der Waals surface area (Å²) in [5, 5.41) is 20.0. The van der Waals surface area contributed by atoms with Crippen molar-refractivity contribution in [3.63, 3.8) is 0 Å². The molecule has 164 valence electrons. The van der Waals surface area contributed by atoms with E-state index in [2.05, 4.69) is 13.5 Å². The minimum atomic E-state index is -3.75. The van der Waals surface area contributed by atoms with Crippen LogP contribution in [0.4, 0.5) is 0 Å². The number of allylic oxidation sites excluding steroid dienone is 1. The molecular weight excluding hydrogens is 394 g/mol. The van der Waals surface area contributed by atoms with Gasteiger partial charge < -0.3 is 10.2 Å². The van der Waals surface area contributed by atoms with Crippen LogP contribution in [0, 0.1) is 16.7 Å². The molecular formula is C21H33NO6S. The molecule has 0 aromatic carbocycles. The van der Waals surface area contributed by atoms with Crippen LogP contribution in [0.5, 0.6) is 0 Å². The Hall–Kier alpha value is -1.25. The molecule has 2 N–H and O–H groups in total. The monoisotopic (exact) mass is 427 g/mol. The zero-order valence-corrected chi connectivity index (χ0v) is 18.2. The van der Waals surface area contributed by atoms with E-state index >= 15 is 0 Å². The summed E-state index contributed by atoms with van der Waals surface area (Å²) in [4.78, 5) is 24.9. The molecule has 3 fully saturated rings. The van der Waals surface area contributed by atoms with Gasteiger partial charge in [-0.2, -0.15) is 0 Å². The highest BCUT2D eigenvalue weighted by atomic mass is 32.2. The van der Waals surface area contributed by atoms with E-state index in [0.717, 1.165) is 17.1 Å². The molecule has 7 nitrogen and oxygen atoms in total. The average molecular weight is 428 g/mol. The van der Waals surface area contributed by atoms with Gasteiger partial charge in [-0.3, -0.25) is 9.59 Å². The zero-order valence-electron chi connectivity index (χ0n) is 17.3. The Bertz CT molecular complexity index is 795. The minimum Gasteiger partial charge on any atom is -0.393 e. The van der Waals surface area contributed by atoms with Gasteiger partial charge in [-0.1, -0.05) is 19.9 Å². The lowest BCUT2D eigenvalue weighted by molar-refractivity contribution is -0.133. The maximum absolute atomic E-state index is 12.9. The standard InChI is InChI=1S/C21H33NO6S/c1-4-5-6-15(23)10-16(24)11-17(25)12-19(26)22-18-9-14-7-8-20(18,2)21(14,3)13-29(22,27)28/h4,14-15,17-18,23,25H,1,5-13H2,2-3H3/t14?,15-,17-,18?,20?,21?/m0/s1. The van der Waals surface area contributed by atoms with Gasteiger partial charge in [0.05, 0.1) is 30.4 Å². The topological polar surface area (TPSA) is 112 Å². The molecule has 29 heavy (non-hydrogen) atoms. The number of ketones is 1. The molecule has 8 heteroatoms. The van der Waals surface area contributed by atoms with Crippen molar-refractivity contribution >= 4 is 21.7 Å². The van der Waals surface area contributed by atoms with Crippen LogP contribution in [0.3, 0.4) is 0 Å². The third-order valence-electron chi connectivity index (χ3n) is 7.81. The highest BCUT2D eigenvalue weighted by Crippen LogP contribution is 2.69. The van der Waals surface area contributed by atoms with Gasteiger partial charge in [0.1, 0.15) is 5.78 Å². The van der Waals surface area contributed by atoms with Crippen molar-refractivity contribution < 1.29 is 28.2 Å². The first-order valence-electron chi connectivity index (χ1n) is 10.5. The van der Waals surface area contributed by atoms with E-state index in [9.17, 15) is 28.2 Å². The summed E-state index contributed by atoms with van der Waals surface area (Å²) in [6.45, 7) is 7.69. The van der Waals surface area contributed by atoms with Gasteiger partial charge in [0.15, 0.2) is 0 Å². The highest BCUT2D eigenvalue weighted by Gasteiger charge is 2.71. The van der Waals surface area contributed by atoms with Crippen LogP contribution in [0.25, 0.3) is 0 Å². The first-order chi connectivity index (χ1) is 13.4. The number of rotatable bonds is 9. The number of aliphatic hydroxyl groups is 2. The first-order valence-corrected chi connectivity index (χ1v) is 12.1. The molecule has 2 saturated carbocycles. The Balaban J connectivity index is 1.63. The summed E-state index contributed by atoms with van der Waals surface area (Å²) in [6, 6.07) is -0.360. The zero-order chi connectivity index (χ0) is 21.6. The van der Waals surface area contributed by atoms with Crippen molar-refractivity contribution in [2.24, 2.45) is 16.7 Å². The van der Waals surface area contributed by atoms with Crippen LogP contribution in [0.15, 0.2) is 12.7 Å². The van der Waals surface area contributed by atoms with Crippen molar-refractivity contribution in [1.82, 2.24) is 4.31 Å². The third-order valence-corrected chi connectivity index (χ3v) is 9.83. The van der Waals surface area contributed by atoms with E-state index in [-0.39, 0.29) is 41.2 Å². The predicted molar refractivity (Wildman–Crippen MR) is 108 cm³/mol. The van der Waals surface area contributed by atoms with Crippen LogP contribution < -0.4 is 0 Å². The Morgan fingerprint density at radius 3 is 2.48 bits per heavy atom. The van der Waals surface area contributed by atoms with Gasteiger partial charge in [0, 0.05) is 12.8 Å². The molecule has 1 heterocycles. The normalized spacial score (nSPS) is 36.6. The van der Waals surface area contributed by atoms with Gasteiger partial charge in [-0.25, -0.2) is 12.7 Å². The molecule has 6 atom stereocenters. The largest absolute Gasteiger partial charge is 0.393 e. The van der Waals surface area contributed by atoms with Crippen LogP contribution in [0.2, 0.25) is 0 Å². The number of hydrogen-bond acceptors (Lipinski definition) is 6. The van der Waals surface area contributed by atoms with Crippen molar-refractivity contribution in [3.05, 3.63) is 12.7 Å². The number of Topliss-reactive ketones (excluding diaryl/α,β-unsaturated/α-hetero) is 1. The molecule has 2 aliphatic carbocycles. The average Bonchev–Trinajstić information content (AvgIpc) is 2.89. The van der Waals surface area contributed by atoms with E-state index in [4.69, 9.17) is 0 Å². The summed E-state index contributed by atoms with van der Waals surface area (Å²) in [7, 11) is -3.75. The highest BCUT2D eigenvalue weighted by molar-refractivity contribution is 7.89. The van der Waals surface area contributed by atoms with Crippen molar-refractivity contribution in [2.45, 2.75) is 83.5 Å². The quantitative estimate of drug-likeness (QED) is 0.543. The van der Waals surface area contributed by atoms with Gasteiger partial charge in [0.2, 0.25) is 15.9 Å². The second-order valence-corrected chi connectivity index (χ2v) is 11.4. The maximum Gasteiger partial charge on any atom is 0.238 e. The van der Waals surface area contributed by atoms with Crippen LogP contribution >= 0.6 is 0 Å². The molecule has 0 aromatic rings. The molecule has 4 bridgehead atoms. The maximum atomic E-state index is 12.9.